The number of benzene rings is 3. The van der Waals surface area contributed by atoms with Gasteiger partial charge in [-0.15, -0.1) is 5.10 Å². The van der Waals surface area contributed by atoms with Gasteiger partial charge in [-0.05, 0) is 54.4 Å². The Bertz CT molecular complexity index is 1710. The molecule has 2 amide bonds. The van der Waals surface area contributed by atoms with Crippen LogP contribution in [-0.2, 0) is 32.9 Å². The molecule has 3 heterocycles. The largest absolute Gasteiger partial charge is 0.497 e. The highest BCUT2D eigenvalue weighted by Crippen LogP contribution is 2.60. The van der Waals surface area contributed by atoms with E-state index in [1.807, 2.05) is 66.9 Å². The van der Waals surface area contributed by atoms with Crippen LogP contribution in [0.4, 0.5) is 17.1 Å². The van der Waals surface area contributed by atoms with E-state index < -0.39 is 13.7 Å². The fraction of sp³-hybridized carbons (Fsp3) is 0.371. The van der Waals surface area contributed by atoms with Crippen LogP contribution >= 0.6 is 0 Å². The number of methoxy groups -OCH3 is 1. The van der Waals surface area contributed by atoms with E-state index in [-0.39, 0.29) is 30.1 Å². The molecule has 4 aromatic rings. The Balaban J connectivity index is 1.43. The second-order valence-corrected chi connectivity index (χ2v) is 17.5. The standard InChI is InChI=1S/C35H41N5O5Si/c1-24-33(46(4,5)29-14-12-28(44-3)13-15-29)32(17-19-39-22-25(18-20-41)36-37-39)45-35(24)30-21-27(11-16-31(30)38(2)34(35)43)40(23-42)26-9-7-6-8-10-26/h6-16,21-24,32-33,41H,17-20H2,1-5H3/t24-,32+,33-,35+/m0/s1. The van der Waals surface area contributed by atoms with Crippen LogP contribution in [0.3, 0.4) is 0 Å². The molecule has 240 valence electrons. The summed E-state index contributed by atoms with van der Waals surface area (Å²) < 4.78 is 14.4. The minimum Gasteiger partial charge on any atom is -0.497 e. The van der Waals surface area contributed by atoms with Crippen molar-refractivity contribution < 1.29 is 24.2 Å². The first kappa shape index (κ1) is 31.7. The predicted octanol–water partition coefficient (Wildman–Crippen LogP) is 4.40. The molecule has 1 fully saturated rings. The maximum Gasteiger partial charge on any atom is 0.264 e. The molecule has 0 saturated carbocycles. The smallest absolute Gasteiger partial charge is 0.264 e. The van der Waals surface area contributed by atoms with E-state index in [4.69, 9.17) is 9.47 Å². The van der Waals surface area contributed by atoms with Crippen LogP contribution in [0.25, 0.3) is 0 Å². The van der Waals surface area contributed by atoms with Gasteiger partial charge >= 0.3 is 0 Å². The lowest BCUT2D eigenvalue weighted by Crippen LogP contribution is -2.51. The molecule has 10 nitrogen and oxygen atoms in total. The Morgan fingerprint density at radius 2 is 1.83 bits per heavy atom. The van der Waals surface area contributed by atoms with E-state index in [0.29, 0.717) is 25.1 Å². The Morgan fingerprint density at radius 1 is 1.09 bits per heavy atom. The number of rotatable bonds is 11. The second kappa shape index (κ2) is 12.5. The number of fused-ring (bicyclic) bond motifs is 2. The molecule has 0 aliphatic carbocycles. The first-order chi connectivity index (χ1) is 22.1. The van der Waals surface area contributed by atoms with E-state index in [1.54, 1.807) is 28.6 Å². The fourth-order valence-corrected chi connectivity index (χ4v) is 11.7. The van der Waals surface area contributed by atoms with E-state index in [9.17, 15) is 14.7 Å². The van der Waals surface area contributed by atoms with Crippen LogP contribution in [0.15, 0.2) is 79.0 Å². The number of carbonyl (C=O) groups is 2. The number of para-hydroxylation sites is 1. The Hall–Kier alpha value is -4.32. The van der Waals surface area contributed by atoms with Gasteiger partial charge in [-0.2, -0.15) is 0 Å². The van der Waals surface area contributed by atoms with Crippen LogP contribution in [-0.4, -0.2) is 67.4 Å². The molecule has 1 saturated heterocycles. The van der Waals surface area contributed by atoms with Gasteiger partial charge in [-0.3, -0.25) is 19.2 Å². The van der Waals surface area contributed by atoms with Crippen LogP contribution in [0.1, 0.15) is 24.6 Å². The molecule has 1 aromatic heterocycles. The monoisotopic (exact) mass is 639 g/mol. The predicted molar refractivity (Wildman–Crippen MR) is 180 cm³/mol. The minimum absolute atomic E-state index is 0.0109. The maximum absolute atomic E-state index is 14.5. The number of aromatic nitrogens is 3. The van der Waals surface area contributed by atoms with Gasteiger partial charge in [-0.25, -0.2) is 0 Å². The van der Waals surface area contributed by atoms with Gasteiger partial charge < -0.3 is 19.5 Å². The van der Waals surface area contributed by atoms with E-state index in [1.165, 1.54) is 5.19 Å². The summed E-state index contributed by atoms with van der Waals surface area (Å²) in [5, 5.41) is 19.1. The highest BCUT2D eigenvalue weighted by molar-refractivity contribution is 6.91. The van der Waals surface area contributed by atoms with Crippen LogP contribution in [0, 0.1) is 5.92 Å². The van der Waals surface area contributed by atoms with Crippen molar-refractivity contribution in [3.63, 3.8) is 0 Å². The van der Waals surface area contributed by atoms with Crippen molar-refractivity contribution in [1.82, 2.24) is 15.0 Å². The summed E-state index contributed by atoms with van der Waals surface area (Å²) in [4.78, 5) is 30.2. The molecule has 1 spiro atoms. The summed E-state index contributed by atoms with van der Waals surface area (Å²) in [5.41, 5.74) is 2.55. The van der Waals surface area contributed by atoms with Crippen LogP contribution < -0.4 is 19.7 Å². The number of amides is 2. The van der Waals surface area contributed by atoms with Crippen molar-refractivity contribution in [2.45, 2.75) is 56.7 Å². The molecule has 2 aliphatic rings. The van der Waals surface area contributed by atoms with Gasteiger partial charge in [0.15, 0.2) is 5.60 Å². The number of hydrogen-bond donors (Lipinski definition) is 1. The van der Waals surface area contributed by atoms with Crippen molar-refractivity contribution in [1.29, 1.82) is 0 Å². The SMILES string of the molecule is COc1ccc([Si](C)(C)[C@@H]2[C@@H](CCn3cc(CCO)nn3)O[C@]3(C(=O)N(C)c4ccc(N(C=O)c5ccccc5)cc43)[C@H]2C)cc1. The molecule has 6 rings (SSSR count). The number of nitrogens with zero attached hydrogens (tertiary/aromatic N) is 5. The second-order valence-electron chi connectivity index (χ2n) is 12.8. The lowest BCUT2D eigenvalue weighted by Gasteiger charge is -2.37. The first-order valence-electron chi connectivity index (χ1n) is 15.7. The van der Waals surface area contributed by atoms with Crippen molar-refractivity contribution in [3.8, 4) is 5.75 Å². The van der Waals surface area contributed by atoms with Gasteiger partial charge in [0, 0.05) is 55.7 Å². The lowest BCUT2D eigenvalue weighted by molar-refractivity contribution is -0.145. The van der Waals surface area contributed by atoms with E-state index in [0.717, 1.165) is 34.8 Å². The van der Waals surface area contributed by atoms with Crippen LogP contribution in [0.5, 0.6) is 5.75 Å². The average Bonchev–Trinajstić information content (AvgIpc) is 3.71. The van der Waals surface area contributed by atoms with E-state index >= 15 is 0 Å². The van der Waals surface area contributed by atoms with Crippen molar-refractivity contribution in [2.75, 3.05) is 30.6 Å². The molecule has 0 unspecified atom stereocenters. The molecule has 11 heteroatoms. The number of likely N-dealkylation sites (N-methyl/N-ethyl adjacent to an activating group) is 1. The topological polar surface area (TPSA) is 110 Å². The normalized spacial score (nSPS) is 22.3. The molecular weight excluding hydrogens is 599 g/mol. The Labute approximate surface area is 270 Å². The number of aliphatic hydroxyl groups is 1. The molecule has 46 heavy (non-hydrogen) atoms. The van der Waals surface area contributed by atoms with Gasteiger partial charge in [0.05, 0.1) is 32.7 Å². The average molecular weight is 640 g/mol. The summed E-state index contributed by atoms with van der Waals surface area (Å²) in [7, 11) is 1.15. The zero-order valence-electron chi connectivity index (χ0n) is 27.0. The summed E-state index contributed by atoms with van der Waals surface area (Å²) in [6.45, 7) is 7.42. The summed E-state index contributed by atoms with van der Waals surface area (Å²) in [6.07, 6.45) is 3.48. The summed E-state index contributed by atoms with van der Waals surface area (Å²) in [5.74, 6) is 0.534. The lowest BCUT2D eigenvalue weighted by atomic mass is 9.82. The van der Waals surface area contributed by atoms with Crippen molar-refractivity contribution in [2.24, 2.45) is 5.92 Å². The number of carbonyl (C=O) groups excluding carboxylic acids is 2. The Kier molecular flexibility index (Phi) is 8.58. The fourth-order valence-electron chi connectivity index (χ4n) is 7.62. The molecule has 3 aromatic carbocycles. The zero-order chi connectivity index (χ0) is 32.6. The third-order valence-electron chi connectivity index (χ3n) is 9.96. The number of ether oxygens (including phenoxy) is 2. The van der Waals surface area contributed by atoms with Gasteiger partial charge in [0.2, 0.25) is 6.41 Å². The molecule has 0 bridgehead atoms. The number of aryl methyl sites for hydroxylation is 1. The summed E-state index contributed by atoms with van der Waals surface area (Å²) >= 11 is 0. The van der Waals surface area contributed by atoms with Gasteiger partial charge in [0.1, 0.15) is 5.75 Å². The molecule has 0 radical (unpaired) electrons. The molecule has 1 N–H and O–H groups in total. The van der Waals surface area contributed by atoms with E-state index in [2.05, 4.69) is 42.5 Å². The maximum atomic E-state index is 14.5. The first-order valence-corrected chi connectivity index (χ1v) is 18.8. The molecule has 4 atom stereocenters. The Morgan fingerprint density at radius 3 is 2.50 bits per heavy atom. The summed E-state index contributed by atoms with van der Waals surface area (Å²) in [6, 6.07) is 23.5. The third kappa shape index (κ3) is 5.22. The molecule has 2 aliphatic heterocycles. The van der Waals surface area contributed by atoms with Gasteiger partial charge in [-0.1, -0.05) is 60.7 Å². The number of anilines is 3. The highest BCUT2D eigenvalue weighted by Gasteiger charge is 2.65. The third-order valence-corrected chi connectivity index (χ3v) is 14.3. The number of hydrogen-bond acceptors (Lipinski definition) is 7. The molecular formula is C35H41N5O5Si. The minimum atomic E-state index is -2.31. The zero-order valence-corrected chi connectivity index (χ0v) is 28.0. The highest BCUT2D eigenvalue weighted by atomic mass is 28.3. The van der Waals surface area contributed by atoms with Crippen molar-refractivity contribution in [3.05, 3.63) is 90.3 Å². The van der Waals surface area contributed by atoms with Crippen molar-refractivity contribution >= 4 is 42.6 Å². The quantitative estimate of drug-likeness (QED) is 0.191. The van der Waals surface area contributed by atoms with Gasteiger partial charge in [0.25, 0.3) is 5.91 Å². The number of aliphatic hydroxyl groups excluding tert-OH is 1. The van der Waals surface area contributed by atoms with Crippen LogP contribution in [0.2, 0.25) is 18.6 Å².